The van der Waals surface area contributed by atoms with E-state index in [9.17, 15) is 0 Å². The largest absolute Gasteiger partial charge is 0.376 e. The first-order valence-electron chi connectivity index (χ1n) is 9.30. The normalized spacial score (nSPS) is 17.7. The van der Waals surface area contributed by atoms with E-state index in [0.717, 1.165) is 50.0 Å². The predicted molar refractivity (Wildman–Crippen MR) is 102 cm³/mol. The van der Waals surface area contributed by atoms with Crippen molar-refractivity contribution in [2.24, 2.45) is 10.9 Å². The van der Waals surface area contributed by atoms with Gasteiger partial charge in [-0.05, 0) is 18.4 Å². The van der Waals surface area contributed by atoms with Crippen LogP contribution in [-0.4, -0.2) is 42.8 Å². The second-order valence-corrected chi connectivity index (χ2v) is 6.64. The minimum absolute atomic E-state index is 0.536. The van der Waals surface area contributed by atoms with E-state index >= 15 is 0 Å². The fourth-order valence-corrected chi connectivity index (χ4v) is 3.18. The monoisotopic (exact) mass is 356 g/mol. The minimum atomic E-state index is 0.536. The average Bonchev–Trinajstić information content (AvgIpc) is 3.33. The van der Waals surface area contributed by atoms with Crippen LogP contribution in [0.1, 0.15) is 30.4 Å². The lowest BCUT2D eigenvalue weighted by molar-refractivity contribution is 0.0906. The van der Waals surface area contributed by atoms with Crippen molar-refractivity contribution in [2.45, 2.75) is 32.9 Å². The van der Waals surface area contributed by atoms with Crippen LogP contribution in [0, 0.1) is 5.92 Å². The van der Waals surface area contributed by atoms with Gasteiger partial charge in [0, 0.05) is 32.1 Å². The zero-order chi connectivity index (χ0) is 18.2. The number of ether oxygens (including phenoxy) is 1. The highest BCUT2D eigenvalue weighted by Crippen LogP contribution is 2.17. The summed E-state index contributed by atoms with van der Waals surface area (Å²) in [6, 6.07) is 12.3. The predicted octanol–water partition coefficient (Wildman–Crippen LogP) is 2.85. The van der Waals surface area contributed by atoms with Crippen molar-refractivity contribution in [3.8, 4) is 0 Å². The number of hydrogen-bond donors (Lipinski definition) is 1. The van der Waals surface area contributed by atoms with Crippen molar-refractivity contribution in [3.63, 3.8) is 0 Å². The molecule has 140 valence electrons. The number of nitrogens with zero attached hydrogens (tertiary/aromatic N) is 3. The number of hydrogen-bond acceptors (Lipinski definition) is 4. The van der Waals surface area contributed by atoms with Crippen LogP contribution in [0.4, 0.5) is 0 Å². The standard InChI is InChI=1S/C20H28N4O2/c1-3-18-11-19(26-23-18)12-22-20(21-2)24-10-9-17(13-24)15-25-14-16-7-5-4-6-8-16/h4-8,11,17H,3,9-10,12-15H2,1-2H3,(H,21,22). The van der Waals surface area contributed by atoms with E-state index in [1.54, 1.807) is 0 Å². The van der Waals surface area contributed by atoms with Gasteiger partial charge < -0.3 is 19.5 Å². The molecule has 2 aromatic rings. The zero-order valence-electron chi connectivity index (χ0n) is 15.6. The maximum atomic E-state index is 5.90. The van der Waals surface area contributed by atoms with Crippen molar-refractivity contribution in [1.29, 1.82) is 0 Å². The molecule has 1 aromatic heterocycles. The first kappa shape index (κ1) is 18.5. The summed E-state index contributed by atoms with van der Waals surface area (Å²) in [6.07, 6.45) is 2.01. The molecule has 1 saturated heterocycles. The first-order valence-corrected chi connectivity index (χ1v) is 9.30. The summed E-state index contributed by atoms with van der Waals surface area (Å²) in [5.41, 5.74) is 2.20. The van der Waals surface area contributed by atoms with E-state index in [4.69, 9.17) is 9.26 Å². The average molecular weight is 356 g/mol. The van der Waals surface area contributed by atoms with E-state index in [1.165, 1.54) is 5.56 Å². The molecule has 1 fully saturated rings. The third kappa shape index (κ3) is 5.08. The van der Waals surface area contributed by atoms with Crippen LogP contribution < -0.4 is 5.32 Å². The Kier molecular flexibility index (Phi) is 6.66. The molecular formula is C20H28N4O2. The molecule has 3 rings (SSSR count). The molecular weight excluding hydrogens is 328 g/mol. The molecule has 1 N–H and O–H groups in total. The topological polar surface area (TPSA) is 62.9 Å². The number of rotatable bonds is 7. The summed E-state index contributed by atoms with van der Waals surface area (Å²) in [5.74, 6) is 2.28. The zero-order valence-corrected chi connectivity index (χ0v) is 15.6. The maximum Gasteiger partial charge on any atom is 0.194 e. The SMILES string of the molecule is CCc1cc(CNC(=NC)N2CCC(COCc3ccccc3)C2)on1. The number of aryl methyl sites for hydroxylation is 1. The summed E-state index contributed by atoms with van der Waals surface area (Å²) in [5, 5.41) is 7.39. The molecule has 0 bridgehead atoms. The van der Waals surface area contributed by atoms with Gasteiger partial charge in [0.25, 0.3) is 0 Å². The van der Waals surface area contributed by atoms with Gasteiger partial charge in [0.1, 0.15) is 0 Å². The number of guanidine groups is 1. The Morgan fingerprint density at radius 1 is 1.38 bits per heavy atom. The van der Waals surface area contributed by atoms with Crippen molar-refractivity contribution >= 4 is 5.96 Å². The van der Waals surface area contributed by atoms with Crippen molar-refractivity contribution < 1.29 is 9.26 Å². The fourth-order valence-electron chi connectivity index (χ4n) is 3.18. The highest BCUT2D eigenvalue weighted by Gasteiger charge is 2.25. The minimum Gasteiger partial charge on any atom is -0.376 e. The molecule has 1 aromatic carbocycles. The van der Waals surface area contributed by atoms with Crippen LogP contribution in [0.3, 0.4) is 0 Å². The molecule has 0 spiro atoms. The summed E-state index contributed by atoms with van der Waals surface area (Å²) in [7, 11) is 1.82. The van der Waals surface area contributed by atoms with Crippen LogP contribution in [0.2, 0.25) is 0 Å². The molecule has 26 heavy (non-hydrogen) atoms. The molecule has 1 aliphatic heterocycles. The number of aliphatic imine (C=N–C) groups is 1. The van der Waals surface area contributed by atoms with Gasteiger partial charge in [0.15, 0.2) is 11.7 Å². The Morgan fingerprint density at radius 2 is 2.23 bits per heavy atom. The summed E-state index contributed by atoms with van der Waals surface area (Å²) >= 11 is 0. The van der Waals surface area contributed by atoms with Gasteiger partial charge in [-0.3, -0.25) is 4.99 Å². The van der Waals surface area contributed by atoms with E-state index in [1.807, 2.05) is 31.3 Å². The lowest BCUT2D eigenvalue weighted by atomic mass is 10.1. The Hall–Kier alpha value is -2.34. The van der Waals surface area contributed by atoms with Crippen LogP contribution in [0.25, 0.3) is 0 Å². The molecule has 0 aliphatic carbocycles. The van der Waals surface area contributed by atoms with Crippen LogP contribution in [0.15, 0.2) is 45.9 Å². The van der Waals surface area contributed by atoms with Gasteiger partial charge in [-0.25, -0.2) is 0 Å². The van der Waals surface area contributed by atoms with E-state index in [0.29, 0.717) is 19.1 Å². The second kappa shape index (κ2) is 9.38. The fraction of sp³-hybridized carbons (Fsp3) is 0.500. The lowest BCUT2D eigenvalue weighted by Gasteiger charge is -2.21. The smallest absolute Gasteiger partial charge is 0.194 e. The number of aromatic nitrogens is 1. The van der Waals surface area contributed by atoms with Crippen molar-refractivity contribution in [3.05, 3.63) is 53.4 Å². The number of nitrogens with one attached hydrogen (secondary N) is 1. The molecule has 6 heteroatoms. The molecule has 0 saturated carbocycles. The summed E-state index contributed by atoms with van der Waals surface area (Å²) in [6.45, 7) is 6.09. The van der Waals surface area contributed by atoms with Crippen LogP contribution in [0.5, 0.6) is 0 Å². The third-order valence-corrected chi connectivity index (χ3v) is 4.65. The van der Waals surface area contributed by atoms with Gasteiger partial charge in [-0.1, -0.05) is 42.4 Å². The third-order valence-electron chi connectivity index (χ3n) is 4.65. The van der Waals surface area contributed by atoms with Crippen LogP contribution >= 0.6 is 0 Å². The van der Waals surface area contributed by atoms with E-state index < -0.39 is 0 Å². The van der Waals surface area contributed by atoms with Gasteiger partial charge in [0.05, 0.1) is 25.5 Å². The molecule has 1 aliphatic rings. The molecule has 0 amide bonds. The lowest BCUT2D eigenvalue weighted by Crippen LogP contribution is -2.39. The Bertz CT molecular complexity index is 699. The molecule has 1 unspecified atom stereocenters. The molecule has 0 radical (unpaired) electrons. The maximum absolute atomic E-state index is 5.90. The summed E-state index contributed by atoms with van der Waals surface area (Å²) < 4.78 is 11.2. The molecule has 6 nitrogen and oxygen atoms in total. The molecule has 1 atom stereocenters. The second-order valence-electron chi connectivity index (χ2n) is 6.64. The van der Waals surface area contributed by atoms with Crippen molar-refractivity contribution in [2.75, 3.05) is 26.7 Å². The highest BCUT2D eigenvalue weighted by atomic mass is 16.5. The Labute approximate surface area is 155 Å². The van der Waals surface area contributed by atoms with Crippen LogP contribution in [-0.2, 0) is 24.3 Å². The van der Waals surface area contributed by atoms with Gasteiger partial charge in [-0.2, -0.15) is 0 Å². The van der Waals surface area contributed by atoms with E-state index in [2.05, 4.69) is 39.4 Å². The Morgan fingerprint density at radius 3 is 2.96 bits per heavy atom. The van der Waals surface area contributed by atoms with Gasteiger partial charge in [0.2, 0.25) is 0 Å². The first-order chi connectivity index (χ1) is 12.8. The van der Waals surface area contributed by atoms with Gasteiger partial charge >= 0.3 is 0 Å². The summed E-state index contributed by atoms with van der Waals surface area (Å²) in [4.78, 5) is 6.69. The number of benzene rings is 1. The van der Waals surface area contributed by atoms with E-state index in [-0.39, 0.29) is 0 Å². The van der Waals surface area contributed by atoms with Crippen molar-refractivity contribution in [1.82, 2.24) is 15.4 Å². The van der Waals surface area contributed by atoms with Gasteiger partial charge in [-0.15, -0.1) is 0 Å². The number of likely N-dealkylation sites (tertiary alicyclic amines) is 1. The molecule has 2 heterocycles. The Balaban J connectivity index is 1.41. The quantitative estimate of drug-likeness (QED) is 0.610. The highest BCUT2D eigenvalue weighted by molar-refractivity contribution is 5.80.